The third-order valence-corrected chi connectivity index (χ3v) is 4.49. The number of aryl methyl sites for hydroxylation is 2. The van der Waals surface area contributed by atoms with Gasteiger partial charge in [0, 0.05) is 12.5 Å². The van der Waals surface area contributed by atoms with Crippen LogP contribution in [0.4, 0.5) is 11.6 Å². The summed E-state index contributed by atoms with van der Waals surface area (Å²) >= 11 is 0. The van der Waals surface area contributed by atoms with Gasteiger partial charge in [-0.15, -0.1) is 0 Å². The average molecular weight is 323 g/mol. The lowest BCUT2D eigenvalue weighted by atomic mass is 10.2. The molecule has 2 rings (SSSR count). The molecule has 0 fully saturated rings. The molecule has 0 atom stereocenters. The Hall–Kier alpha value is -2.35. The van der Waals surface area contributed by atoms with E-state index in [1.807, 2.05) is 0 Å². The van der Waals surface area contributed by atoms with E-state index in [0.717, 1.165) is 5.56 Å². The molecule has 22 heavy (non-hydrogen) atoms. The van der Waals surface area contributed by atoms with Crippen LogP contribution in [0.1, 0.15) is 23.7 Å². The quantitative estimate of drug-likeness (QED) is 0.899. The van der Waals surface area contributed by atoms with E-state index in [-0.39, 0.29) is 22.4 Å². The molecular weight excluding hydrogens is 306 g/mol. The zero-order valence-electron chi connectivity index (χ0n) is 12.7. The second kappa shape index (κ2) is 5.80. The number of sulfonamides is 1. The first-order chi connectivity index (χ1) is 10.2. The van der Waals surface area contributed by atoms with Gasteiger partial charge in [0.1, 0.15) is 4.90 Å². The SMILES string of the molecule is CC(=O)Nc1ccc(C)cc1S(=O)(=O)Nc1onc(C)c1C. The van der Waals surface area contributed by atoms with Gasteiger partial charge in [-0.1, -0.05) is 11.2 Å². The monoisotopic (exact) mass is 323 g/mol. The molecule has 7 nitrogen and oxygen atoms in total. The van der Waals surface area contributed by atoms with Crippen molar-refractivity contribution in [2.24, 2.45) is 0 Å². The van der Waals surface area contributed by atoms with Crippen molar-refractivity contribution in [3.63, 3.8) is 0 Å². The van der Waals surface area contributed by atoms with E-state index in [1.54, 1.807) is 32.9 Å². The number of aromatic nitrogens is 1. The number of amides is 1. The highest BCUT2D eigenvalue weighted by Gasteiger charge is 2.23. The molecule has 1 amide bonds. The summed E-state index contributed by atoms with van der Waals surface area (Å²) in [7, 11) is -3.92. The third kappa shape index (κ3) is 3.28. The van der Waals surface area contributed by atoms with Crippen molar-refractivity contribution >= 4 is 27.5 Å². The summed E-state index contributed by atoms with van der Waals surface area (Å²) in [5.41, 5.74) is 2.17. The largest absolute Gasteiger partial charge is 0.337 e. The van der Waals surface area contributed by atoms with Crippen molar-refractivity contribution in [3.05, 3.63) is 35.0 Å². The Bertz CT molecular complexity index is 825. The first-order valence-electron chi connectivity index (χ1n) is 6.54. The van der Waals surface area contributed by atoms with E-state index >= 15 is 0 Å². The van der Waals surface area contributed by atoms with Crippen LogP contribution in [-0.4, -0.2) is 19.5 Å². The lowest BCUT2D eigenvalue weighted by molar-refractivity contribution is -0.114. The van der Waals surface area contributed by atoms with Crippen molar-refractivity contribution in [2.45, 2.75) is 32.6 Å². The Morgan fingerprint density at radius 3 is 2.45 bits per heavy atom. The molecule has 0 saturated carbocycles. The molecule has 1 aromatic carbocycles. The Balaban J connectivity index is 2.46. The average Bonchev–Trinajstić information content (AvgIpc) is 2.72. The number of nitrogens with one attached hydrogen (secondary N) is 2. The second-order valence-corrected chi connectivity index (χ2v) is 6.66. The Kier molecular flexibility index (Phi) is 4.23. The molecule has 0 radical (unpaired) electrons. The molecular formula is C14H17N3O4S. The maximum atomic E-state index is 12.6. The smallest absolute Gasteiger partial charge is 0.266 e. The van der Waals surface area contributed by atoms with Crippen molar-refractivity contribution in [3.8, 4) is 0 Å². The molecule has 118 valence electrons. The van der Waals surface area contributed by atoms with E-state index in [1.165, 1.54) is 13.0 Å². The van der Waals surface area contributed by atoms with E-state index in [2.05, 4.69) is 15.2 Å². The summed E-state index contributed by atoms with van der Waals surface area (Å²) in [6.07, 6.45) is 0. The maximum Gasteiger partial charge on any atom is 0.266 e. The lowest BCUT2D eigenvalue weighted by Gasteiger charge is -2.12. The highest BCUT2D eigenvalue weighted by molar-refractivity contribution is 7.92. The van der Waals surface area contributed by atoms with Crippen molar-refractivity contribution < 1.29 is 17.7 Å². The predicted octanol–water partition coefficient (Wildman–Crippen LogP) is 2.36. The van der Waals surface area contributed by atoms with Gasteiger partial charge in [-0.25, -0.2) is 13.1 Å². The topological polar surface area (TPSA) is 101 Å². The molecule has 0 spiro atoms. The fourth-order valence-corrected chi connectivity index (χ4v) is 3.13. The number of anilines is 2. The zero-order valence-corrected chi connectivity index (χ0v) is 13.5. The van der Waals surface area contributed by atoms with Gasteiger partial charge in [-0.05, 0) is 38.5 Å². The summed E-state index contributed by atoms with van der Waals surface area (Å²) in [5, 5.41) is 6.22. The van der Waals surface area contributed by atoms with Crippen LogP contribution in [0, 0.1) is 20.8 Å². The molecule has 2 N–H and O–H groups in total. The molecule has 1 heterocycles. The molecule has 0 saturated heterocycles. The van der Waals surface area contributed by atoms with Gasteiger partial charge in [0.2, 0.25) is 11.8 Å². The molecule has 0 aliphatic rings. The van der Waals surface area contributed by atoms with Crippen LogP contribution in [0.15, 0.2) is 27.6 Å². The van der Waals surface area contributed by atoms with Crippen LogP contribution in [0.2, 0.25) is 0 Å². The lowest BCUT2D eigenvalue weighted by Crippen LogP contribution is -2.17. The van der Waals surface area contributed by atoms with E-state index < -0.39 is 10.0 Å². The fraction of sp³-hybridized carbons (Fsp3) is 0.286. The van der Waals surface area contributed by atoms with Crippen LogP contribution in [0.25, 0.3) is 0 Å². The molecule has 0 aliphatic heterocycles. The van der Waals surface area contributed by atoms with E-state index in [9.17, 15) is 13.2 Å². The van der Waals surface area contributed by atoms with Crippen LogP contribution in [0.3, 0.4) is 0 Å². The molecule has 0 aliphatic carbocycles. The maximum absolute atomic E-state index is 12.6. The molecule has 8 heteroatoms. The van der Waals surface area contributed by atoms with Crippen molar-refractivity contribution in [1.29, 1.82) is 0 Å². The van der Waals surface area contributed by atoms with Crippen molar-refractivity contribution in [1.82, 2.24) is 5.16 Å². The van der Waals surface area contributed by atoms with Gasteiger partial charge in [0.25, 0.3) is 10.0 Å². The fourth-order valence-electron chi connectivity index (χ4n) is 1.83. The Labute approximate surface area is 128 Å². The minimum atomic E-state index is -3.92. The minimum absolute atomic E-state index is 0.0313. The highest BCUT2D eigenvalue weighted by atomic mass is 32.2. The minimum Gasteiger partial charge on any atom is -0.337 e. The summed E-state index contributed by atoms with van der Waals surface area (Å²) in [5.74, 6) is -0.292. The highest BCUT2D eigenvalue weighted by Crippen LogP contribution is 2.27. The zero-order chi connectivity index (χ0) is 16.5. The van der Waals surface area contributed by atoms with Gasteiger partial charge in [0.05, 0.1) is 11.4 Å². The number of hydrogen-bond acceptors (Lipinski definition) is 5. The van der Waals surface area contributed by atoms with Gasteiger partial charge < -0.3 is 9.84 Å². The van der Waals surface area contributed by atoms with Crippen LogP contribution in [0.5, 0.6) is 0 Å². The van der Waals surface area contributed by atoms with Gasteiger partial charge in [-0.3, -0.25) is 4.79 Å². The Morgan fingerprint density at radius 2 is 1.91 bits per heavy atom. The first kappa shape index (κ1) is 16.0. The van der Waals surface area contributed by atoms with Crippen molar-refractivity contribution in [2.75, 3.05) is 10.0 Å². The number of hydrogen-bond donors (Lipinski definition) is 2. The number of benzene rings is 1. The third-order valence-electron chi connectivity index (χ3n) is 3.12. The predicted molar refractivity (Wildman–Crippen MR) is 82.3 cm³/mol. The number of rotatable bonds is 4. The van der Waals surface area contributed by atoms with Crippen LogP contribution < -0.4 is 10.0 Å². The summed E-state index contributed by atoms with van der Waals surface area (Å²) in [6.45, 7) is 6.49. The second-order valence-electron chi connectivity index (χ2n) is 5.01. The molecule has 0 unspecified atom stereocenters. The number of carbonyl (C=O) groups is 1. The summed E-state index contributed by atoms with van der Waals surface area (Å²) < 4.78 is 32.5. The van der Waals surface area contributed by atoms with Crippen LogP contribution in [-0.2, 0) is 14.8 Å². The molecule has 0 bridgehead atoms. The first-order valence-corrected chi connectivity index (χ1v) is 8.03. The van der Waals surface area contributed by atoms with Gasteiger partial charge in [0.15, 0.2) is 0 Å². The molecule has 2 aromatic rings. The summed E-state index contributed by atoms with van der Waals surface area (Å²) in [6, 6.07) is 4.74. The summed E-state index contributed by atoms with van der Waals surface area (Å²) in [4.78, 5) is 11.2. The Morgan fingerprint density at radius 1 is 1.23 bits per heavy atom. The van der Waals surface area contributed by atoms with Gasteiger partial charge in [-0.2, -0.15) is 0 Å². The normalized spacial score (nSPS) is 11.3. The number of carbonyl (C=O) groups excluding carboxylic acids is 1. The van der Waals surface area contributed by atoms with Gasteiger partial charge >= 0.3 is 0 Å². The van der Waals surface area contributed by atoms with E-state index in [0.29, 0.717) is 11.3 Å². The van der Waals surface area contributed by atoms with E-state index in [4.69, 9.17) is 4.52 Å². The van der Waals surface area contributed by atoms with Crippen LogP contribution >= 0.6 is 0 Å². The molecule has 1 aromatic heterocycles. The number of nitrogens with zero attached hydrogens (tertiary/aromatic N) is 1. The standard InChI is InChI=1S/C14H17N3O4S/c1-8-5-6-12(15-11(4)18)13(7-8)22(19,20)17-14-9(2)10(3)16-21-14/h5-7,17H,1-4H3,(H,15,18).